The largest absolute Gasteiger partial charge is 0.370 e. The lowest BCUT2D eigenvalue weighted by Crippen LogP contribution is -2.31. The van der Waals surface area contributed by atoms with Crippen molar-refractivity contribution in [2.24, 2.45) is 0 Å². The highest BCUT2D eigenvalue weighted by molar-refractivity contribution is 8.01. The number of aryl methyl sites for hydroxylation is 2. The van der Waals surface area contributed by atoms with Gasteiger partial charge in [0.2, 0.25) is 0 Å². The van der Waals surface area contributed by atoms with Gasteiger partial charge in [0.25, 0.3) is 0 Å². The number of carbonyl (C=O) groups is 2. The number of anilines is 6. The Balaban J connectivity index is 0.000000177. The summed E-state index contributed by atoms with van der Waals surface area (Å²) < 4.78 is 1.97. The summed E-state index contributed by atoms with van der Waals surface area (Å²) in [6.07, 6.45) is 16.1. The molecule has 0 bridgehead atoms. The van der Waals surface area contributed by atoms with E-state index in [9.17, 15) is 9.59 Å². The third kappa shape index (κ3) is 11.9. The monoisotopic (exact) mass is 850 g/mol. The van der Waals surface area contributed by atoms with E-state index in [-0.39, 0.29) is 12.1 Å². The van der Waals surface area contributed by atoms with Crippen LogP contribution in [-0.2, 0) is 0 Å². The molecule has 0 radical (unpaired) electrons. The van der Waals surface area contributed by atoms with Gasteiger partial charge in [-0.1, -0.05) is 64.4 Å². The molecule has 4 aromatic heterocycles. The highest BCUT2D eigenvalue weighted by Gasteiger charge is 2.19. The number of carbonyl (C=O) groups excluding carboxylic acids is 2. The molecule has 12 nitrogen and oxygen atoms in total. The van der Waals surface area contributed by atoms with Crippen molar-refractivity contribution in [1.82, 2.24) is 19.9 Å². The predicted molar refractivity (Wildman–Crippen MR) is 241 cm³/mol. The fraction of sp³-hybridized carbons (Fsp3) is 0.286. The number of amides is 4. The number of urea groups is 2. The summed E-state index contributed by atoms with van der Waals surface area (Å²) in [5.74, 6) is 0. The van der Waals surface area contributed by atoms with E-state index in [0.29, 0.717) is 10.3 Å². The molecular formula is C42H46N10O2S4. The second kappa shape index (κ2) is 20.5. The Bertz CT molecular complexity index is 2100. The first-order chi connectivity index (χ1) is 28.3. The van der Waals surface area contributed by atoms with Crippen molar-refractivity contribution in [3.05, 3.63) is 109 Å². The first-order valence-corrected chi connectivity index (χ1v) is 22.6. The third-order valence-corrected chi connectivity index (χ3v) is 13.3. The topological polar surface area (TPSA) is 140 Å². The minimum atomic E-state index is -0.282. The highest BCUT2D eigenvalue weighted by atomic mass is 32.2. The third-order valence-electron chi connectivity index (χ3n) is 9.30. The molecule has 4 amide bonds. The number of hydrogen-bond donors (Lipinski definition) is 4. The van der Waals surface area contributed by atoms with E-state index in [0.717, 1.165) is 67.3 Å². The maximum Gasteiger partial charge on any atom is 0.325 e. The van der Waals surface area contributed by atoms with Gasteiger partial charge in [-0.05, 0) is 112 Å². The Kier molecular flexibility index (Phi) is 14.5. The lowest BCUT2D eigenvalue weighted by atomic mass is 10.1. The fourth-order valence-corrected chi connectivity index (χ4v) is 10.2. The fourth-order valence-electron chi connectivity index (χ4n) is 6.55. The van der Waals surface area contributed by atoms with Gasteiger partial charge in [0, 0.05) is 49.7 Å². The summed E-state index contributed by atoms with van der Waals surface area (Å²) in [5, 5.41) is 13.7. The van der Waals surface area contributed by atoms with Crippen LogP contribution in [0.5, 0.6) is 0 Å². The average molecular weight is 851 g/mol. The Morgan fingerprint density at radius 2 is 1.14 bits per heavy atom. The van der Waals surface area contributed by atoms with Gasteiger partial charge in [-0.15, -0.1) is 0 Å². The lowest BCUT2D eigenvalue weighted by molar-refractivity contribution is 0.261. The van der Waals surface area contributed by atoms with Crippen LogP contribution in [0.3, 0.4) is 0 Å². The Morgan fingerprint density at radius 1 is 0.586 bits per heavy atom. The van der Waals surface area contributed by atoms with Crippen LogP contribution in [-0.4, -0.2) is 58.2 Å². The second-order valence-electron chi connectivity index (χ2n) is 13.8. The molecule has 2 aromatic carbocycles. The normalized spacial score (nSPS) is 13.9. The number of piperidine rings is 2. The van der Waals surface area contributed by atoms with Gasteiger partial charge in [-0.2, -0.15) is 0 Å². The highest BCUT2D eigenvalue weighted by Crippen LogP contribution is 2.36. The van der Waals surface area contributed by atoms with Crippen LogP contribution < -0.4 is 31.1 Å². The van der Waals surface area contributed by atoms with E-state index in [2.05, 4.69) is 77.0 Å². The van der Waals surface area contributed by atoms with E-state index in [4.69, 9.17) is 0 Å². The van der Waals surface area contributed by atoms with Crippen LogP contribution in [0.2, 0.25) is 0 Å². The summed E-state index contributed by atoms with van der Waals surface area (Å²) in [4.78, 5) is 47.9. The van der Waals surface area contributed by atoms with Gasteiger partial charge < -0.3 is 20.4 Å². The van der Waals surface area contributed by atoms with Gasteiger partial charge in [-0.3, -0.25) is 15.6 Å². The molecule has 6 aromatic rings. The SMILES string of the molecule is Cc1ccc(NC(=O)Nc2ncc(Sc3ccccn3)s2)c(N2CCCCC2)c1.Cc1ccc(NC(=O)Nc2ncc(Sc3cccnc3)s2)c(N2CCCCC2)c1. The second-order valence-corrected chi connectivity index (χ2v) is 18.6. The molecule has 0 saturated carbocycles. The van der Waals surface area contributed by atoms with E-state index in [1.54, 1.807) is 36.5 Å². The Hall–Kier alpha value is -5.16. The molecular weight excluding hydrogens is 805 g/mol. The molecule has 0 unspecified atom stereocenters. The summed E-state index contributed by atoms with van der Waals surface area (Å²) >= 11 is 5.98. The maximum atomic E-state index is 12.6. The number of pyridine rings is 2. The molecule has 2 aliphatic heterocycles. The zero-order valence-electron chi connectivity index (χ0n) is 32.4. The van der Waals surface area contributed by atoms with Crippen molar-refractivity contribution in [1.29, 1.82) is 0 Å². The number of rotatable bonds is 10. The number of nitrogens with zero attached hydrogens (tertiary/aromatic N) is 6. The molecule has 0 atom stereocenters. The van der Waals surface area contributed by atoms with Gasteiger partial charge in [0.1, 0.15) is 5.03 Å². The standard InChI is InChI=1S/2C21H23N5OS2/c1-15-8-9-16(17(13-15)26-11-5-2-6-12-26)24-20(27)25-21-23-14-19(29-21)28-18-7-3-4-10-22-18;1-15-7-8-17(18(12-15)26-10-3-2-4-11-26)24-20(27)25-21-23-14-19(29-21)28-16-6-5-9-22-13-16/h3-4,7-10,13-14H,2,5-6,11-12H2,1H3,(H2,23,24,25,27);5-9,12-14H,2-4,10-11H2,1H3,(H2,23,24,25,27). The number of thiazole rings is 2. The maximum absolute atomic E-state index is 12.6. The molecule has 2 saturated heterocycles. The smallest absolute Gasteiger partial charge is 0.325 e. The van der Waals surface area contributed by atoms with Gasteiger partial charge in [-0.25, -0.2) is 24.5 Å². The van der Waals surface area contributed by atoms with Crippen LogP contribution in [0.25, 0.3) is 0 Å². The van der Waals surface area contributed by atoms with Crippen molar-refractivity contribution in [2.45, 2.75) is 70.7 Å². The van der Waals surface area contributed by atoms with E-state index in [1.165, 1.54) is 84.1 Å². The molecule has 8 rings (SSSR count). The van der Waals surface area contributed by atoms with Gasteiger partial charge in [0.05, 0.1) is 43.6 Å². The zero-order valence-corrected chi connectivity index (χ0v) is 35.7. The molecule has 16 heteroatoms. The van der Waals surface area contributed by atoms with Crippen molar-refractivity contribution >= 4 is 91.3 Å². The summed E-state index contributed by atoms with van der Waals surface area (Å²) in [5.41, 5.74) is 6.21. The molecule has 0 aliphatic carbocycles. The Morgan fingerprint density at radius 3 is 1.64 bits per heavy atom. The van der Waals surface area contributed by atoms with Crippen LogP contribution in [0.15, 0.2) is 116 Å². The van der Waals surface area contributed by atoms with Crippen LogP contribution in [0.1, 0.15) is 49.7 Å². The lowest BCUT2D eigenvalue weighted by Gasteiger charge is -2.30. The molecule has 58 heavy (non-hydrogen) atoms. The van der Waals surface area contributed by atoms with E-state index < -0.39 is 0 Å². The molecule has 4 N–H and O–H groups in total. The minimum absolute atomic E-state index is 0.278. The minimum Gasteiger partial charge on any atom is -0.370 e. The van der Waals surface area contributed by atoms with Gasteiger partial charge in [0.15, 0.2) is 10.3 Å². The number of benzene rings is 2. The Labute approximate surface area is 355 Å². The summed E-state index contributed by atoms with van der Waals surface area (Å²) in [6.45, 7) is 8.27. The first-order valence-electron chi connectivity index (χ1n) is 19.3. The molecule has 0 spiro atoms. The first kappa shape index (κ1) is 41.0. The molecule has 2 aliphatic rings. The number of hydrogen-bond acceptors (Lipinski definition) is 12. The van der Waals surface area contributed by atoms with Crippen LogP contribution >= 0.6 is 46.2 Å². The zero-order chi connectivity index (χ0) is 40.1. The van der Waals surface area contributed by atoms with Gasteiger partial charge >= 0.3 is 12.1 Å². The summed E-state index contributed by atoms with van der Waals surface area (Å²) in [7, 11) is 0. The van der Waals surface area contributed by atoms with Crippen molar-refractivity contribution in [2.75, 3.05) is 57.2 Å². The van der Waals surface area contributed by atoms with Crippen LogP contribution in [0.4, 0.5) is 42.6 Å². The molecule has 300 valence electrons. The molecule has 2 fully saturated rings. The summed E-state index contributed by atoms with van der Waals surface area (Å²) in [6, 6.07) is 21.4. The predicted octanol–water partition coefficient (Wildman–Crippen LogP) is 11.3. The molecule has 6 heterocycles. The van der Waals surface area contributed by atoms with Crippen molar-refractivity contribution < 1.29 is 9.59 Å². The van der Waals surface area contributed by atoms with Crippen molar-refractivity contribution in [3.63, 3.8) is 0 Å². The van der Waals surface area contributed by atoms with E-state index >= 15 is 0 Å². The average Bonchev–Trinajstić information content (AvgIpc) is 3.89. The van der Waals surface area contributed by atoms with Crippen LogP contribution in [0, 0.1) is 13.8 Å². The number of nitrogens with one attached hydrogen (secondary N) is 4. The van der Waals surface area contributed by atoms with Crippen molar-refractivity contribution in [3.8, 4) is 0 Å². The number of aromatic nitrogens is 4. The van der Waals surface area contributed by atoms with E-state index in [1.807, 2.05) is 60.8 Å². The quantitative estimate of drug-likeness (QED) is 0.105.